The number of hydrogen-bond acceptors (Lipinski definition) is 2. The van der Waals surface area contributed by atoms with Crippen LogP contribution in [0.3, 0.4) is 0 Å². The van der Waals surface area contributed by atoms with Gasteiger partial charge in [-0.2, -0.15) is 0 Å². The van der Waals surface area contributed by atoms with Gasteiger partial charge in [0, 0.05) is 6.92 Å². The second-order valence-corrected chi connectivity index (χ2v) is 4.25. The molecule has 2 heteroatoms. The van der Waals surface area contributed by atoms with Crippen molar-refractivity contribution < 1.29 is 4.74 Å². The molecule has 0 aliphatic rings. The van der Waals surface area contributed by atoms with Crippen molar-refractivity contribution >= 4 is 17.3 Å². The van der Waals surface area contributed by atoms with E-state index in [1.807, 2.05) is 0 Å². The molecule has 0 amide bonds. The molecule has 1 aromatic rings. The summed E-state index contributed by atoms with van der Waals surface area (Å²) in [6.07, 6.45) is 0. The Morgan fingerprint density at radius 2 is 1.86 bits per heavy atom. The van der Waals surface area contributed by atoms with Crippen molar-refractivity contribution in [3.63, 3.8) is 0 Å². The van der Waals surface area contributed by atoms with Crippen LogP contribution < -0.4 is 0 Å². The van der Waals surface area contributed by atoms with Gasteiger partial charge >= 0.3 is 0 Å². The minimum atomic E-state index is 0.577. The van der Waals surface area contributed by atoms with Crippen molar-refractivity contribution in [2.75, 3.05) is 0 Å². The Kier molecular flexibility index (Phi) is 4.08. The maximum atomic E-state index is 5.26. The molecule has 1 rings (SSSR count). The summed E-state index contributed by atoms with van der Waals surface area (Å²) in [5, 5.41) is 0.595. The molecule has 0 fully saturated rings. The summed E-state index contributed by atoms with van der Waals surface area (Å²) in [7, 11) is 0. The quantitative estimate of drug-likeness (QED) is 0.701. The molecule has 0 aromatic heterocycles. The van der Waals surface area contributed by atoms with Crippen molar-refractivity contribution in [2.24, 2.45) is 0 Å². The van der Waals surface area contributed by atoms with E-state index in [1.165, 1.54) is 11.1 Å². The first-order valence-corrected chi connectivity index (χ1v) is 5.22. The Labute approximate surface area is 91.1 Å². The molecule has 0 radical (unpaired) electrons. The number of thiocarbonyl (C=S) groups is 1. The highest BCUT2D eigenvalue weighted by Crippen LogP contribution is 2.15. The Hall–Kier alpha value is -0.890. The summed E-state index contributed by atoms with van der Waals surface area (Å²) >= 11 is 4.84. The maximum absolute atomic E-state index is 5.26. The van der Waals surface area contributed by atoms with E-state index in [1.54, 1.807) is 6.92 Å². The number of hydrogen-bond donors (Lipinski definition) is 0. The van der Waals surface area contributed by atoms with Gasteiger partial charge in [0.05, 0.1) is 0 Å². The summed E-state index contributed by atoms with van der Waals surface area (Å²) in [5.41, 5.74) is 2.52. The summed E-state index contributed by atoms with van der Waals surface area (Å²) in [6, 6.07) is 8.46. The van der Waals surface area contributed by atoms with Crippen molar-refractivity contribution in [3.8, 4) is 0 Å². The smallest absolute Gasteiger partial charge is 0.157 e. The lowest BCUT2D eigenvalue weighted by atomic mass is 10.0. The van der Waals surface area contributed by atoms with Gasteiger partial charge in [-0.05, 0) is 29.3 Å². The van der Waals surface area contributed by atoms with Gasteiger partial charge in [-0.1, -0.05) is 38.1 Å². The van der Waals surface area contributed by atoms with E-state index >= 15 is 0 Å². The normalized spacial score (nSPS) is 10.3. The molecule has 1 aromatic carbocycles. The van der Waals surface area contributed by atoms with Gasteiger partial charge < -0.3 is 4.74 Å². The van der Waals surface area contributed by atoms with Crippen LogP contribution in [0.25, 0.3) is 0 Å². The molecule has 0 atom stereocenters. The Bertz CT molecular complexity index is 301. The third kappa shape index (κ3) is 3.46. The first-order valence-electron chi connectivity index (χ1n) is 4.82. The average molecular weight is 208 g/mol. The number of rotatable bonds is 3. The van der Waals surface area contributed by atoms with Gasteiger partial charge in [0.15, 0.2) is 5.05 Å². The van der Waals surface area contributed by atoms with E-state index in [-0.39, 0.29) is 0 Å². The van der Waals surface area contributed by atoms with Crippen molar-refractivity contribution in [1.82, 2.24) is 0 Å². The van der Waals surface area contributed by atoms with Crippen LogP contribution in [0.5, 0.6) is 0 Å². The Balaban J connectivity index is 2.59. The molecule has 0 heterocycles. The highest BCUT2D eigenvalue weighted by atomic mass is 32.1. The van der Waals surface area contributed by atoms with Crippen molar-refractivity contribution in [3.05, 3.63) is 35.4 Å². The van der Waals surface area contributed by atoms with Gasteiger partial charge in [-0.15, -0.1) is 0 Å². The second-order valence-electron chi connectivity index (χ2n) is 3.68. The van der Waals surface area contributed by atoms with E-state index in [4.69, 9.17) is 17.0 Å². The van der Waals surface area contributed by atoms with Crippen LogP contribution in [-0.4, -0.2) is 5.05 Å². The highest BCUT2D eigenvalue weighted by Gasteiger charge is 1.99. The van der Waals surface area contributed by atoms with Crippen LogP contribution >= 0.6 is 12.2 Å². The fourth-order valence-corrected chi connectivity index (χ4v) is 1.24. The minimum Gasteiger partial charge on any atom is -0.483 e. The van der Waals surface area contributed by atoms with E-state index in [0.29, 0.717) is 17.6 Å². The van der Waals surface area contributed by atoms with Gasteiger partial charge in [0.1, 0.15) is 6.61 Å². The third-order valence-corrected chi connectivity index (χ3v) is 2.21. The van der Waals surface area contributed by atoms with E-state index in [9.17, 15) is 0 Å². The third-order valence-electron chi connectivity index (χ3n) is 2.09. The fourth-order valence-electron chi connectivity index (χ4n) is 1.18. The predicted molar refractivity (Wildman–Crippen MR) is 63.6 cm³/mol. The van der Waals surface area contributed by atoms with Crippen LogP contribution in [0.1, 0.15) is 37.8 Å². The summed E-state index contributed by atoms with van der Waals surface area (Å²) in [5.74, 6) is 0.581. The summed E-state index contributed by atoms with van der Waals surface area (Å²) in [6.45, 7) is 6.74. The lowest BCUT2D eigenvalue weighted by molar-refractivity contribution is 0.298. The van der Waals surface area contributed by atoms with E-state index in [0.717, 1.165) is 0 Å². The molecule has 0 saturated carbocycles. The lowest BCUT2D eigenvalue weighted by Gasteiger charge is -2.07. The molecule has 14 heavy (non-hydrogen) atoms. The Morgan fingerprint density at radius 1 is 1.29 bits per heavy atom. The largest absolute Gasteiger partial charge is 0.483 e. The van der Waals surface area contributed by atoms with Crippen molar-refractivity contribution in [2.45, 2.75) is 33.3 Å². The zero-order chi connectivity index (χ0) is 10.6. The SMILES string of the molecule is CC(=S)OCc1ccc(C(C)C)cc1. The van der Waals surface area contributed by atoms with Crippen LogP contribution in [-0.2, 0) is 11.3 Å². The minimum absolute atomic E-state index is 0.577. The topological polar surface area (TPSA) is 9.23 Å². The van der Waals surface area contributed by atoms with Crippen LogP contribution in [0, 0.1) is 0 Å². The fraction of sp³-hybridized carbons (Fsp3) is 0.417. The molecule has 0 spiro atoms. The molecule has 0 bridgehead atoms. The van der Waals surface area contributed by atoms with Crippen LogP contribution in [0.4, 0.5) is 0 Å². The van der Waals surface area contributed by atoms with Gasteiger partial charge in [0.25, 0.3) is 0 Å². The number of ether oxygens (including phenoxy) is 1. The first kappa shape index (κ1) is 11.2. The second kappa shape index (κ2) is 5.11. The van der Waals surface area contributed by atoms with Gasteiger partial charge in [-0.3, -0.25) is 0 Å². The van der Waals surface area contributed by atoms with Gasteiger partial charge in [0.2, 0.25) is 0 Å². The monoisotopic (exact) mass is 208 g/mol. The molecule has 0 N–H and O–H groups in total. The molecule has 0 saturated heterocycles. The van der Waals surface area contributed by atoms with Crippen molar-refractivity contribution in [1.29, 1.82) is 0 Å². The Morgan fingerprint density at radius 3 is 2.29 bits per heavy atom. The van der Waals surface area contributed by atoms with E-state index < -0.39 is 0 Å². The molecular formula is C12H16OS. The van der Waals surface area contributed by atoms with Crippen LogP contribution in [0.15, 0.2) is 24.3 Å². The lowest BCUT2D eigenvalue weighted by Crippen LogP contribution is -1.97. The predicted octanol–water partition coefficient (Wildman–Crippen LogP) is 3.67. The summed E-state index contributed by atoms with van der Waals surface area (Å²) < 4.78 is 5.26. The maximum Gasteiger partial charge on any atom is 0.157 e. The molecule has 0 aliphatic carbocycles. The molecule has 0 aliphatic heterocycles. The first-order chi connectivity index (χ1) is 6.59. The highest BCUT2D eigenvalue weighted by molar-refractivity contribution is 7.80. The molecule has 1 nitrogen and oxygen atoms in total. The molecule has 76 valence electrons. The van der Waals surface area contributed by atoms with E-state index in [2.05, 4.69) is 38.1 Å². The summed E-state index contributed by atoms with van der Waals surface area (Å²) in [4.78, 5) is 0. The molecular weight excluding hydrogens is 192 g/mol. The van der Waals surface area contributed by atoms with Crippen LogP contribution in [0.2, 0.25) is 0 Å². The zero-order valence-electron chi connectivity index (χ0n) is 8.91. The average Bonchev–Trinajstić information content (AvgIpc) is 2.15. The standard InChI is InChI=1S/C12H16OS/c1-9(2)12-6-4-11(5-7-12)8-13-10(3)14/h4-7,9H,8H2,1-3H3. The molecule has 0 unspecified atom stereocenters. The van der Waals surface area contributed by atoms with Gasteiger partial charge in [-0.25, -0.2) is 0 Å². The number of benzene rings is 1. The zero-order valence-corrected chi connectivity index (χ0v) is 9.73.